The molecular formula is C22H21Cl2NO4. The van der Waals surface area contributed by atoms with Crippen LogP contribution < -0.4 is 4.90 Å². The number of rotatable bonds is 4. The highest BCUT2D eigenvalue weighted by atomic mass is 35.5. The Morgan fingerprint density at radius 1 is 1.21 bits per heavy atom. The number of nitrogens with zero attached hydrogens (tertiary/aromatic N) is 1. The molecule has 0 fully saturated rings. The molecule has 0 saturated heterocycles. The molecule has 0 saturated carbocycles. The van der Waals surface area contributed by atoms with Crippen molar-refractivity contribution < 1.29 is 19.1 Å². The van der Waals surface area contributed by atoms with Gasteiger partial charge < -0.3 is 14.4 Å². The minimum absolute atomic E-state index is 0.116. The molecule has 1 atom stereocenters. The van der Waals surface area contributed by atoms with Crippen molar-refractivity contribution >= 4 is 40.8 Å². The quantitative estimate of drug-likeness (QED) is 0.484. The van der Waals surface area contributed by atoms with Crippen molar-refractivity contribution in [1.29, 1.82) is 0 Å². The molecule has 2 aromatic rings. The number of fused-ring (bicyclic) bond motifs is 1. The van der Waals surface area contributed by atoms with E-state index in [-0.39, 0.29) is 18.4 Å². The van der Waals surface area contributed by atoms with Crippen LogP contribution in [0.3, 0.4) is 0 Å². The van der Waals surface area contributed by atoms with Crippen LogP contribution in [0.4, 0.5) is 5.69 Å². The fourth-order valence-electron chi connectivity index (χ4n) is 3.24. The summed E-state index contributed by atoms with van der Waals surface area (Å²) in [5.41, 5.74) is 1.98. The lowest BCUT2D eigenvalue weighted by Crippen LogP contribution is -2.38. The minimum atomic E-state index is -0.731. The molecule has 1 aliphatic heterocycles. The number of hydrogen-bond acceptors (Lipinski definition) is 4. The van der Waals surface area contributed by atoms with Crippen LogP contribution in [0.5, 0.6) is 0 Å². The molecule has 1 aliphatic rings. The van der Waals surface area contributed by atoms with Crippen LogP contribution >= 0.6 is 23.2 Å². The number of halogens is 2. The molecule has 0 bridgehead atoms. The number of amides is 1. The van der Waals surface area contributed by atoms with Crippen LogP contribution in [0.2, 0.25) is 10.0 Å². The van der Waals surface area contributed by atoms with Gasteiger partial charge in [-0.15, -0.1) is 0 Å². The van der Waals surface area contributed by atoms with Crippen LogP contribution in [-0.4, -0.2) is 24.5 Å². The second kappa shape index (κ2) is 8.89. The molecule has 0 aromatic heterocycles. The van der Waals surface area contributed by atoms with Crippen molar-refractivity contribution in [2.45, 2.75) is 32.9 Å². The van der Waals surface area contributed by atoms with Gasteiger partial charge in [-0.1, -0.05) is 41.4 Å². The van der Waals surface area contributed by atoms with E-state index < -0.39 is 18.0 Å². The van der Waals surface area contributed by atoms with E-state index in [9.17, 15) is 9.59 Å². The molecule has 1 heterocycles. The van der Waals surface area contributed by atoms with Gasteiger partial charge in [0.1, 0.15) is 0 Å². The van der Waals surface area contributed by atoms with E-state index >= 15 is 0 Å². The van der Waals surface area contributed by atoms with Crippen LogP contribution in [0.25, 0.3) is 0 Å². The summed E-state index contributed by atoms with van der Waals surface area (Å²) in [6.07, 6.45) is 0.351. The van der Waals surface area contributed by atoms with Gasteiger partial charge in [-0.3, -0.25) is 4.79 Å². The Bertz CT molecular complexity index is 971. The maximum absolute atomic E-state index is 13.3. The van der Waals surface area contributed by atoms with Gasteiger partial charge in [0.25, 0.3) is 5.91 Å². The smallest absolute Gasteiger partial charge is 0.334 e. The molecule has 5 nitrogen and oxygen atoms in total. The van der Waals surface area contributed by atoms with Crippen molar-refractivity contribution in [3.8, 4) is 0 Å². The molecule has 0 spiro atoms. The van der Waals surface area contributed by atoms with Gasteiger partial charge in [0.2, 0.25) is 0 Å². The first-order valence-corrected chi connectivity index (χ1v) is 10.0. The van der Waals surface area contributed by atoms with E-state index in [1.54, 1.807) is 36.1 Å². The Labute approximate surface area is 179 Å². The fraction of sp³-hybridized carbons (Fsp3) is 0.273. The predicted octanol–water partition coefficient (Wildman–Crippen LogP) is 5.30. The number of anilines is 1. The average Bonchev–Trinajstić information content (AvgIpc) is 2.77. The van der Waals surface area contributed by atoms with Gasteiger partial charge in [-0.2, -0.15) is 0 Å². The molecule has 152 valence electrons. The van der Waals surface area contributed by atoms with E-state index in [1.807, 2.05) is 32.0 Å². The third-order valence-electron chi connectivity index (χ3n) is 4.45. The number of benzene rings is 2. The first kappa shape index (κ1) is 21.2. The van der Waals surface area contributed by atoms with Gasteiger partial charge >= 0.3 is 5.97 Å². The van der Waals surface area contributed by atoms with Crippen molar-refractivity contribution in [2.24, 2.45) is 0 Å². The Hall–Kier alpha value is -2.50. The average molecular weight is 434 g/mol. The molecule has 2 aromatic carbocycles. The highest BCUT2D eigenvalue weighted by Crippen LogP contribution is 2.42. The topological polar surface area (TPSA) is 55.8 Å². The van der Waals surface area contributed by atoms with Gasteiger partial charge in [0.05, 0.1) is 18.4 Å². The Morgan fingerprint density at radius 3 is 2.59 bits per heavy atom. The second-order valence-corrected chi connectivity index (χ2v) is 7.60. The summed E-state index contributed by atoms with van der Waals surface area (Å²) in [6.45, 7) is 5.65. The highest BCUT2D eigenvalue weighted by Gasteiger charge is 2.36. The van der Waals surface area contributed by atoms with Crippen molar-refractivity contribution in [3.63, 3.8) is 0 Å². The van der Waals surface area contributed by atoms with Crippen LogP contribution in [0.1, 0.15) is 38.0 Å². The van der Waals surface area contributed by atoms with E-state index in [4.69, 9.17) is 32.7 Å². The summed E-state index contributed by atoms with van der Waals surface area (Å²) in [4.78, 5) is 27.0. The summed E-state index contributed by atoms with van der Waals surface area (Å²) in [5.74, 6) is -1.21. The zero-order chi connectivity index (χ0) is 21.1. The molecular weight excluding hydrogens is 413 g/mol. The molecule has 3 rings (SSSR count). The monoisotopic (exact) mass is 433 g/mol. The number of esters is 1. The number of carbonyl (C=O) groups excluding carboxylic acids is 2. The molecule has 0 unspecified atom stereocenters. The third-order valence-corrected chi connectivity index (χ3v) is 5.02. The molecule has 1 amide bonds. The minimum Gasteiger partial charge on any atom is -0.475 e. The van der Waals surface area contributed by atoms with E-state index in [0.717, 1.165) is 6.08 Å². The first-order valence-electron chi connectivity index (χ1n) is 9.26. The predicted molar refractivity (Wildman–Crippen MR) is 113 cm³/mol. The summed E-state index contributed by atoms with van der Waals surface area (Å²) >= 11 is 12.7. The maximum atomic E-state index is 13.3. The number of ether oxygens (including phenoxy) is 2. The van der Waals surface area contributed by atoms with Crippen molar-refractivity contribution in [3.05, 3.63) is 75.5 Å². The Kier molecular flexibility index (Phi) is 6.50. The summed E-state index contributed by atoms with van der Waals surface area (Å²) in [7, 11) is 0. The van der Waals surface area contributed by atoms with E-state index in [2.05, 4.69) is 0 Å². The lowest BCUT2D eigenvalue weighted by atomic mass is 9.99. The second-order valence-electron chi connectivity index (χ2n) is 6.75. The third kappa shape index (κ3) is 4.41. The molecule has 29 heavy (non-hydrogen) atoms. The summed E-state index contributed by atoms with van der Waals surface area (Å²) in [6, 6.07) is 12.2. The highest BCUT2D eigenvalue weighted by molar-refractivity contribution is 6.31. The SMILES string of the molecule is CCOC(=O)/C=C1\O[C@H](c2ccccc2Cl)c2cc(Cl)ccc2N(C(C)C)C1=O. The van der Waals surface area contributed by atoms with Crippen LogP contribution in [-0.2, 0) is 19.1 Å². The zero-order valence-electron chi connectivity index (χ0n) is 16.3. The Balaban J connectivity index is 2.25. The molecule has 0 N–H and O–H groups in total. The van der Waals surface area contributed by atoms with Crippen LogP contribution in [0.15, 0.2) is 54.3 Å². The number of carbonyl (C=O) groups is 2. The molecule has 0 radical (unpaired) electrons. The lowest BCUT2D eigenvalue weighted by molar-refractivity contribution is -0.138. The van der Waals surface area contributed by atoms with Gasteiger partial charge in [0, 0.05) is 27.2 Å². The standard InChI is InChI=1S/C22H21Cl2NO4/c1-4-28-20(26)12-19-22(27)25(13(2)3)18-10-9-14(23)11-16(18)21(29-19)15-7-5-6-8-17(15)24/h5-13,21H,4H2,1-3H3/b19-12-/t21-/m1/s1. The van der Waals surface area contributed by atoms with Crippen LogP contribution in [0, 0.1) is 0 Å². The van der Waals surface area contributed by atoms with Crippen molar-refractivity contribution in [2.75, 3.05) is 11.5 Å². The normalized spacial score (nSPS) is 17.7. The fourth-order valence-corrected chi connectivity index (χ4v) is 3.66. The molecule has 7 heteroatoms. The zero-order valence-corrected chi connectivity index (χ0v) is 17.8. The summed E-state index contributed by atoms with van der Waals surface area (Å²) in [5, 5.41) is 0.975. The van der Waals surface area contributed by atoms with E-state index in [1.165, 1.54) is 0 Å². The number of hydrogen-bond donors (Lipinski definition) is 0. The Morgan fingerprint density at radius 2 is 1.93 bits per heavy atom. The van der Waals surface area contributed by atoms with Gasteiger partial charge in [-0.25, -0.2) is 4.79 Å². The first-order chi connectivity index (χ1) is 13.8. The molecule has 0 aliphatic carbocycles. The van der Waals surface area contributed by atoms with Gasteiger partial charge in [0.15, 0.2) is 11.9 Å². The van der Waals surface area contributed by atoms with E-state index in [0.29, 0.717) is 26.9 Å². The van der Waals surface area contributed by atoms with Crippen molar-refractivity contribution in [1.82, 2.24) is 0 Å². The lowest BCUT2D eigenvalue weighted by Gasteiger charge is -2.26. The van der Waals surface area contributed by atoms with Gasteiger partial charge in [-0.05, 0) is 45.0 Å². The largest absolute Gasteiger partial charge is 0.475 e. The maximum Gasteiger partial charge on any atom is 0.334 e. The summed E-state index contributed by atoms with van der Waals surface area (Å²) < 4.78 is 11.1.